The van der Waals surface area contributed by atoms with E-state index < -0.39 is 0 Å². The van der Waals surface area contributed by atoms with Crippen LogP contribution in [-0.4, -0.2) is 52.8 Å². The third-order valence-electron chi connectivity index (χ3n) is 5.42. The molecular weight excluding hydrogens is 420 g/mol. The number of hydrogen-bond acceptors (Lipinski definition) is 5. The number of benzene rings is 2. The van der Waals surface area contributed by atoms with Crippen molar-refractivity contribution >= 4 is 17.6 Å². The van der Waals surface area contributed by atoms with Crippen LogP contribution in [0, 0.1) is 0 Å². The molecule has 172 valence electrons. The largest absolute Gasteiger partial charge is 0.490 e. The fourth-order valence-electron chi connectivity index (χ4n) is 3.71. The zero-order chi connectivity index (χ0) is 23.0. The van der Waals surface area contributed by atoms with Crippen molar-refractivity contribution in [3.05, 3.63) is 66.4 Å². The lowest BCUT2D eigenvalue weighted by atomic mass is 10.1. The zero-order valence-corrected chi connectivity index (χ0v) is 18.7. The molecule has 1 aliphatic rings. The first-order valence-corrected chi connectivity index (χ1v) is 11.2. The summed E-state index contributed by atoms with van der Waals surface area (Å²) in [7, 11) is 0. The van der Waals surface area contributed by atoms with E-state index in [-0.39, 0.29) is 18.4 Å². The number of likely N-dealkylation sites (tertiary alicyclic amines) is 1. The molecule has 0 unspecified atom stereocenters. The van der Waals surface area contributed by atoms with E-state index in [0.717, 1.165) is 38.0 Å². The van der Waals surface area contributed by atoms with Gasteiger partial charge >= 0.3 is 0 Å². The van der Waals surface area contributed by atoms with Gasteiger partial charge in [-0.3, -0.25) is 9.59 Å². The molecule has 0 bridgehead atoms. The number of anilines is 1. The lowest BCUT2D eigenvalue weighted by molar-refractivity contribution is -0.134. The van der Waals surface area contributed by atoms with Crippen LogP contribution in [0.3, 0.4) is 0 Å². The smallest absolute Gasteiger partial charge is 0.260 e. The highest BCUT2D eigenvalue weighted by Gasteiger charge is 2.18. The average molecular weight is 449 g/mol. The predicted octanol–water partition coefficient (Wildman–Crippen LogP) is 3.91. The molecule has 0 radical (unpaired) electrons. The fourth-order valence-corrected chi connectivity index (χ4v) is 3.71. The van der Waals surface area contributed by atoms with Gasteiger partial charge < -0.3 is 19.7 Å². The lowest BCUT2D eigenvalue weighted by Crippen LogP contribution is -2.38. The standard InChI is InChI=1S/C25H28N4O4/c1-2-32-22-17-19(11-12-21(22)33-18-24(30)28-14-7-4-8-15-28)25(31)26-23-13-16-29(27-23)20-9-5-3-6-10-20/h3,5-6,9-13,16-17H,2,4,7-8,14-15,18H2,1H3,(H,26,27,31). The van der Waals surface area contributed by atoms with Gasteiger partial charge in [-0.2, -0.15) is 5.10 Å². The molecule has 4 rings (SSSR count). The number of rotatable bonds is 8. The van der Waals surface area contributed by atoms with Crippen molar-refractivity contribution in [1.82, 2.24) is 14.7 Å². The van der Waals surface area contributed by atoms with Crippen molar-refractivity contribution in [3.63, 3.8) is 0 Å². The van der Waals surface area contributed by atoms with E-state index in [1.807, 2.05) is 42.2 Å². The molecule has 2 heterocycles. The maximum absolute atomic E-state index is 12.8. The average Bonchev–Trinajstić information content (AvgIpc) is 3.32. The summed E-state index contributed by atoms with van der Waals surface area (Å²) in [5.74, 6) is 0.950. The van der Waals surface area contributed by atoms with Crippen molar-refractivity contribution in [2.75, 3.05) is 31.6 Å². The topological polar surface area (TPSA) is 85.7 Å². The van der Waals surface area contributed by atoms with Crippen molar-refractivity contribution in [2.45, 2.75) is 26.2 Å². The van der Waals surface area contributed by atoms with Crippen molar-refractivity contribution in [2.24, 2.45) is 0 Å². The number of para-hydroxylation sites is 1. The molecule has 8 heteroatoms. The summed E-state index contributed by atoms with van der Waals surface area (Å²) in [4.78, 5) is 27.0. The Morgan fingerprint density at radius 1 is 0.970 bits per heavy atom. The van der Waals surface area contributed by atoms with Gasteiger partial charge in [0.15, 0.2) is 23.9 Å². The van der Waals surface area contributed by atoms with Crippen LogP contribution in [0.4, 0.5) is 5.82 Å². The number of hydrogen-bond donors (Lipinski definition) is 1. The Labute approximate surface area is 193 Å². The van der Waals surface area contributed by atoms with Crippen molar-refractivity contribution in [1.29, 1.82) is 0 Å². The quantitative estimate of drug-likeness (QED) is 0.565. The van der Waals surface area contributed by atoms with Crippen LogP contribution in [0.1, 0.15) is 36.5 Å². The molecule has 0 aliphatic carbocycles. The minimum atomic E-state index is -0.315. The Balaban J connectivity index is 1.41. The summed E-state index contributed by atoms with van der Waals surface area (Å²) < 4.78 is 13.1. The van der Waals surface area contributed by atoms with Crippen LogP contribution >= 0.6 is 0 Å². The van der Waals surface area contributed by atoms with Crippen LogP contribution < -0.4 is 14.8 Å². The van der Waals surface area contributed by atoms with Crippen molar-refractivity contribution < 1.29 is 19.1 Å². The Morgan fingerprint density at radius 2 is 1.76 bits per heavy atom. The molecule has 2 aromatic carbocycles. The Bertz CT molecular complexity index is 1090. The molecule has 1 fully saturated rings. The van der Waals surface area contributed by atoms with Gasteiger partial charge in [0.2, 0.25) is 0 Å². The van der Waals surface area contributed by atoms with E-state index in [0.29, 0.717) is 29.5 Å². The number of piperidine rings is 1. The summed E-state index contributed by atoms with van der Waals surface area (Å²) in [6.45, 7) is 3.76. The molecule has 1 aliphatic heterocycles. The number of amides is 2. The van der Waals surface area contributed by atoms with Crippen LogP contribution in [0.5, 0.6) is 11.5 Å². The van der Waals surface area contributed by atoms with Crippen LogP contribution in [0.15, 0.2) is 60.8 Å². The molecule has 2 amide bonds. The highest BCUT2D eigenvalue weighted by Crippen LogP contribution is 2.29. The van der Waals surface area contributed by atoms with Crippen LogP contribution in [0.25, 0.3) is 5.69 Å². The molecule has 3 aromatic rings. The molecule has 1 saturated heterocycles. The number of carbonyl (C=O) groups is 2. The number of aromatic nitrogens is 2. The monoisotopic (exact) mass is 448 g/mol. The maximum atomic E-state index is 12.8. The van der Waals surface area contributed by atoms with Crippen LogP contribution in [-0.2, 0) is 4.79 Å². The van der Waals surface area contributed by atoms with Gasteiger partial charge in [0.05, 0.1) is 12.3 Å². The minimum Gasteiger partial charge on any atom is -0.490 e. The molecule has 8 nitrogen and oxygen atoms in total. The SMILES string of the molecule is CCOc1cc(C(=O)Nc2ccn(-c3ccccc3)n2)ccc1OCC(=O)N1CCCCC1. The zero-order valence-electron chi connectivity index (χ0n) is 18.7. The Kier molecular flexibility index (Phi) is 7.24. The summed E-state index contributed by atoms with van der Waals surface area (Å²) in [5.41, 5.74) is 1.31. The van der Waals surface area contributed by atoms with Gasteiger partial charge in [-0.15, -0.1) is 0 Å². The summed E-state index contributed by atoms with van der Waals surface area (Å²) in [6, 6.07) is 16.3. The van der Waals surface area contributed by atoms with Gasteiger partial charge in [0.25, 0.3) is 11.8 Å². The lowest BCUT2D eigenvalue weighted by Gasteiger charge is -2.26. The molecule has 33 heavy (non-hydrogen) atoms. The van der Waals surface area contributed by atoms with Gasteiger partial charge in [-0.05, 0) is 56.5 Å². The molecular formula is C25H28N4O4. The fraction of sp³-hybridized carbons (Fsp3) is 0.320. The third-order valence-corrected chi connectivity index (χ3v) is 5.42. The second-order valence-electron chi connectivity index (χ2n) is 7.76. The Hall–Kier alpha value is -3.81. The first kappa shape index (κ1) is 22.4. The summed E-state index contributed by atoms with van der Waals surface area (Å²) in [5, 5.41) is 7.20. The predicted molar refractivity (Wildman–Crippen MR) is 125 cm³/mol. The maximum Gasteiger partial charge on any atom is 0.260 e. The van der Waals surface area contributed by atoms with E-state index in [1.165, 1.54) is 0 Å². The molecule has 0 atom stereocenters. The molecule has 1 aromatic heterocycles. The second kappa shape index (κ2) is 10.7. The van der Waals surface area contributed by atoms with Crippen molar-refractivity contribution in [3.8, 4) is 17.2 Å². The molecule has 1 N–H and O–H groups in total. The van der Waals surface area contributed by atoms with E-state index in [9.17, 15) is 9.59 Å². The van der Waals surface area contributed by atoms with E-state index >= 15 is 0 Å². The summed E-state index contributed by atoms with van der Waals surface area (Å²) >= 11 is 0. The third kappa shape index (κ3) is 5.71. The van der Waals surface area contributed by atoms with Gasteiger partial charge in [0, 0.05) is 30.9 Å². The number of nitrogens with zero attached hydrogens (tertiary/aromatic N) is 3. The highest BCUT2D eigenvalue weighted by molar-refractivity contribution is 6.04. The first-order valence-electron chi connectivity index (χ1n) is 11.2. The molecule has 0 saturated carbocycles. The minimum absolute atomic E-state index is 0.0343. The Morgan fingerprint density at radius 3 is 2.52 bits per heavy atom. The number of carbonyl (C=O) groups excluding carboxylic acids is 2. The van der Waals surface area contributed by atoms with Crippen LogP contribution in [0.2, 0.25) is 0 Å². The number of ether oxygens (including phenoxy) is 2. The van der Waals surface area contributed by atoms with Gasteiger partial charge in [0.1, 0.15) is 0 Å². The highest BCUT2D eigenvalue weighted by atomic mass is 16.5. The van der Waals surface area contributed by atoms with Gasteiger partial charge in [-0.1, -0.05) is 18.2 Å². The normalized spacial score (nSPS) is 13.4. The van der Waals surface area contributed by atoms with E-state index in [1.54, 1.807) is 35.1 Å². The van der Waals surface area contributed by atoms with Gasteiger partial charge in [-0.25, -0.2) is 4.68 Å². The second-order valence-corrected chi connectivity index (χ2v) is 7.76. The first-order chi connectivity index (χ1) is 16.1. The van der Waals surface area contributed by atoms with E-state index in [4.69, 9.17) is 9.47 Å². The molecule has 0 spiro atoms. The summed E-state index contributed by atoms with van der Waals surface area (Å²) in [6.07, 6.45) is 5.01. The number of nitrogens with one attached hydrogen (secondary N) is 1. The van der Waals surface area contributed by atoms with E-state index in [2.05, 4.69) is 10.4 Å².